The van der Waals surface area contributed by atoms with E-state index >= 15 is 0 Å². The molecule has 8 heteroatoms. The third-order valence-electron chi connectivity index (χ3n) is 4.90. The van der Waals surface area contributed by atoms with Crippen molar-refractivity contribution >= 4 is 29.7 Å². The summed E-state index contributed by atoms with van der Waals surface area (Å²) in [6.07, 6.45) is 1.47. The zero-order chi connectivity index (χ0) is 21.3. The summed E-state index contributed by atoms with van der Waals surface area (Å²) < 4.78 is 6.65. The normalized spacial score (nSPS) is 13.8. The van der Waals surface area contributed by atoms with E-state index in [1.165, 1.54) is 6.21 Å². The van der Waals surface area contributed by atoms with E-state index in [-0.39, 0.29) is 18.8 Å². The highest BCUT2D eigenvalue weighted by Gasteiger charge is 2.37. The van der Waals surface area contributed by atoms with Crippen molar-refractivity contribution in [2.24, 2.45) is 5.10 Å². The molecule has 0 saturated heterocycles. The molecule has 0 radical (unpaired) electrons. The molecule has 152 valence electrons. The average Bonchev–Trinajstić information content (AvgIpc) is 2.92. The molecule has 0 fully saturated rings. The highest BCUT2D eigenvalue weighted by molar-refractivity contribution is 6.09. The summed E-state index contributed by atoms with van der Waals surface area (Å²) in [5.74, 6) is -1.52. The molecule has 3 rings (SSSR count). The summed E-state index contributed by atoms with van der Waals surface area (Å²) in [7, 11) is 3.89. The minimum absolute atomic E-state index is 0.0654. The number of ether oxygens (including phenoxy) is 1. The quantitative estimate of drug-likeness (QED) is 0.440. The van der Waals surface area contributed by atoms with E-state index in [1.54, 1.807) is 25.3 Å². The number of anilines is 1. The lowest BCUT2D eigenvalue weighted by molar-refractivity contribution is -0.130. The molecule has 0 spiro atoms. The summed E-state index contributed by atoms with van der Waals surface area (Å²) in [4.78, 5) is 39.8. The number of rotatable bonds is 5. The number of nitrogens with zero attached hydrogens (tertiary/aromatic N) is 4. The number of esters is 1. The average molecular weight is 396 g/mol. The fourth-order valence-electron chi connectivity index (χ4n) is 3.39. The van der Waals surface area contributed by atoms with Crippen LogP contribution in [0.5, 0.6) is 0 Å². The summed E-state index contributed by atoms with van der Waals surface area (Å²) in [6, 6.07) is 7.56. The van der Waals surface area contributed by atoms with Crippen molar-refractivity contribution < 1.29 is 19.1 Å². The Balaban J connectivity index is 1.92. The number of hydrogen-bond acceptors (Lipinski definition) is 6. The van der Waals surface area contributed by atoms with Crippen LogP contribution in [0.15, 0.2) is 29.4 Å². The summed E-state index contributed by atoms with van der Waals surface area (Å²) in [6.45, 7) is 5.27. The van der Waals surface area contributed by atoms with Gasteiger partial charge in [0, 0.05) is 25.5 Å². The summed E-state index contributed by atoms with van der Waals surface area (Å²) >= 11 is 0. The maximum atomic E-state index is 13.0. The molecule has 0 N–H and O–H groups in total. The predicted molar refractivity (Wildman–Crippen MR) is 109 cm³/mol. The van der Waals surface area contributed by atoms with Crippen molar-refractivity contribution in [3.05, 3.63) is 52.3 Å². The number of carbonyl (C=O) groups is 3. The Morgan fingerprint density at radius 1 is 1.21 bits per heavy atom. The maximum absolute atomic E-state index is 13.0. The first-order chi connectivity index (χ1) is 13.8. The van der Waals surface area contributed by atoms with Gasteiger partial charge in [-0.2, -0.15) is 10.1 Å². The number of amides is 2. The number of imide groups is 1. The Labute approximate surface area is 169 Å². The number of benzene rings is 1. The van der Waals surface area contributed by atoms with Gasteiger partial charge in [0.15, 0.2) is 0 Å². The second-order valence-corrected chi connectivity index (χ2v) is 6.98. The molecule has 1 aromatic carbocycles. The summed E-state index contributed by atoms with van der Waals surface area (Å²) in [5.41, 5.74) is 3.44. The van der Waals surface area contributed by atoms with Gasteiger partial charge in [-0.3, -0.25) is 9.59 Å². The van der Waals surface area contributed by atoms with Gasteiger partial charge in [-0.15, -0.1) is 0 Å². The lowest BCUT2D eigenvalue weighted by Crippen LogP contribution is -2.42. The smallest absolute Gasteiger partial charge is 0.340 e. The third-order valence-corrected chi connectivity index (χ3v) is 4.90. The fraction of sp³-hybridized carbons (Fsp3) is 0.333. The maximum Gasteiger partial charge on any atom is 0.340 e. The van der Waals surface area contributed by atoms with Crippen molar-refractivity contribution in [3.8, 4) is 0 Å². The van der Waals surface area contributed by atoms with E-state index in [0.29, 0.717) is 16.8 Å². The highest BCUT2D eigenvalue weighted by atomic mass is 16.5. The molecule has 1 aliphatic heterocycles. The molecule has 8 nitrogen and oxygen atoms in total. The van der Waals surface area contributed by atoms with Crippen LogP contribution in [0, 0.1) is 13.8 Å². The standard InChI is InChI=1S/C21H24N4O4/c1-6-29-21(28)18-13(2)19-20(27)25(17(26)12-24(19)14(18)3)22-11-15-7-9-16(10-8-15)23(4)5/h7-11H,6,12H2,1-5H3. The Kier molecular flexibility index (Phi) is 5.54. The van der Waals surface area contributed by atoms with E-state index in [0.717, 1.165) is 16.3 Å². The van der Waals surface area contributed by atoms with Crippen LogP contribution in [-0.4, -0.2) is 54.3 Å². The van der Waals surface area contributed by atoms with Gasteiger partial charge in [-0.1, -0.05) is 12.1 Å². The van der Waals surface area contributed by atoms with Crippen molar-refractivity contribution in [1.82, 2.24) is 9.58 Å². The zero-order valence-corrected chi connectivity index (χ0v) is 17.2. The molecule has 0 bridgehead atoms. The first kappa shape index (κ1) is 20.3. The fourth-order valence-corrected chi connectivity index (χ4v) is 3.39. The largest absolute Gasteiger partial charge is 0.462 e. The molecule has 0 unspecified atom stereocenters. The minimum Gasteiger partial charge on any atom is -0.462 e. The Hall–Kier alpha value is -3.42. The SMILES string of the molecule is CCOC(=O)c1c(C)c2n(c1C)CC(=O)N(N=Cc1ccc(N(C)C)cc1)C2=O. The van der Waals surface area contributed by atoms with Crippen molar-refractivity contribution in [1.29, 1.82) is 0 Å². The monoisotopic (exact) mass is 396 g/mol. The Bertz CT molecular complexity index is 1000. The Morgan fingerprint density at radius 2 is 1.86 bits per heavy atom. The predicted octanol–water partition coefficient (Wildman–Crippen LogP) is 2.36. The Morgan fingerprint density at radius 3 is 2.45 bits per heavy atom. The van der Waals surface area contributed by atoms with Gasteiger partial charge in [-0.25, -0.2) is 4.79 Å². The van der Waals surface area contributed by atoms with Gasteiger partial charge < -0.3 is 14.2 Å². The van der Waals surface area contributed by atoms with Crippen LogP contribution in [0.25, 0.3) is 0 Å². The van der Waals surface area contributed by atoms with Crippen LogP contribution in [0.3, 0.4) is 0 Å². The molecule has 2 amide bonds. The van der Waals surface area contributed by atoms with E-state index < -0.39 is 17.8 Å². The topological polar surface area (TPSA) is 84.2 Å². The van der Waals surface area contributed by atoms with Gasteiger partial charge in [-0.05, 0) is 44.0 Å². The zero-order valence-electron chi connectivity index (χ0n) is 17.2. The molecule has 0 aliphatic carbocycles. The van der Waals surface area contributed by atoms with Crippen LogP contribution >= 0.6 is 0 Å². The molecular weight excluding hydrogens is 372 g/mol. The second kappa shape index (κ2) is 7.90. The van der Waals surface area contributed by atoms with Crippen LogP contribution in [0.1, 0.15) is 44.6 Å². The molecule has 0 saturated carbocycles. The number of hydrazone groups is 1. The van der Waals surface area contributed by atoms with Gasteiger partial charge in [0.05, 0.1) is 18.4 Å². The number of fused-ring (bicyclic) bond motifs is 1. The number of hydrogen-bond donors (Lipinski definition) is 0. The van der Waals surface area contributed by atoms with Crippen LogP contribution in [0.2, 0.25) is 0 Å². The van der Waals surface area contributed by atoms with Gasteiger partial charge in [0.25, 0.3) is 11.8 Å². The van der Waals surface area contributed by atoms with Crippen molar-refractivity contribution in [3.63, 3.8) is 0 Å². The lowest BCUT2D eigenvalue weighted by Gasteiger charge is -2.23. The molecular formula is C21H24N4O4. The number of carbonyl (C=O) groups excluding carboxylic acids is 3. The van der Waals surface area contributed by atoms with Gasteiger partial charge in [0.1, 0.15) is 12.2 Å². The minimum atomic E-state index is -0.557. The van der Waals surface area contributed by atoms with Crippen LogP contribution in [-0.2, 0) is 16.1 Å². The third kappa shape index (κ3) is 3.65. The van der Waals surface area contributed by atoms with E-state index in [4.69, 9.17) is 4.74 Å². The second-order valence-electron chi connectivity index (χ2n) is 6.98. The molecule has 1 aromatic heterocycles. The van der Waals surface area contributed by atoms with Gasteiger partial charge >= 0.3 is 5.97 Å². The molecule has 1 aliphatic rings. The molecule has 2 aromatic rings. The summed E-state index contributed by atoms with van der Waals surface area (Å²) in [5, 5.41) is 4.97. The number of aromatic nitrogens is 1. The first-order valence-corrected chi connectivity index (χ1v) is 9.31. The van der Waals surface area contributed by atoms with Crippen LogP contribution in [0.4, 0.5) is 5.69 Å². The van der Waals surface area contributed by atoms with E-state index in [9.17, 15) is 14.4 Å². The van der Waals surface area contributed by atoms with Gasteiger partial charge in [0.2, 0.25) is 0 Å². The first-order valence-electron chi connectivity index (χ1n) is 9.31. The van der Waals surface area contributed by atoms with Crippen LogP contribution < -0.4 is 4.90 Å². The molecule has 29 heavy (non-hydrogen) atoms. The highest BCUT2D eigenvalue weighted by Crippen LogP contribution is 2.27. The molecule has 2 heterocycles. The van der Waals surface area contributed by atoms with Crippen molar-refractivity contribution in [2.45, 2.75) is 27.3 Å². The molecule has 0 atom stereocenters. The van der Waals surface area contributed by atoms with E-state index in [1.807, 2.05) is 43.3 Å². The van der Waals surface area contributed by atoms with E-state index in [2.05, 4.69) is 5.10 Å². The van der Waals surface area contributed by atoms with Crippen molar-refractivity contribution in [2.75, 3.05) is 25.6 Å². The lowest BCUT2D eigenvalue weighted by atomic mass is 10.1.